The molecule has 0 aromatic heterocycles. The number of likely N-dealkylation sites (tertiary alicyclic amines) is 1. The topological polar surface area (TPSA) is 66.5 Å². The number of rotatable bonds is 5. The first-order chi connectivity index (χ1) is 13.3. The van der Waals surface area contributed by atoms with E-state index in [1.807, 2.05) is 23.1 Å². The summed E-state index contributed by atoms with van der Waals surface area (Å²) in [5.41, 5.74) is 4.88. The van der Waals surface area contributed by atoms with Crippen LogP contribution in [0.25, 0.3) is 11.1 Å². The molecule has 2 aromatic carbocycles. The number of benzene rings is 2. The van der Waals surface area contributed by atoms with Gasteiger partial charge in [-0.05, 0) is 47.9 Å². The molecule has 1 saturated carbocycles. The summed E-state index contributed by atoms with van der Waals surface area (Å²) < 4.78 is 25.5. The van der Waals surface area contributed by atoms with Crippen LogP contribution >= 0.6 is 0 Å². The molecule has 1 aliphatic heterocycles. The highest BCUT2D eigenvalue weighted by Gasteiger charge is 2.48. The largest absolute Gasteiger partial charge is 0.341 e. The zero-order chi connectivity index (χ0) is 19.9. The molecule has 2 fully saturated rings. The Kier molecular flexibility index (Phi) is 5.02. The fraction of sp³-hybridized carbons (Fsp3) is 0.409. The van der Waals surface area contributed by atoms with Gasteiger partial charge in [0.1, 0.15) is 0 Å². The van der Waals surface area contributed by atoms with Crippen molar-refractivity contribution >= 4 is 15.9 Å². The van der Waals surface area contributed by atoms with Crippen LogP contribution in [0.15, 0.2) is 48.5 Å². The Bertz CT molecular complexity index is 988. The number of carbonyl (C=O) groups excluding carboxylic acids is 1. The molecule has 1 aliphatic carbocycles. The van der Waals surface area contributed by atoms with Crippen molar-refractivity contribution in [2.45, 2.75) is 31.7 Å². The summed E-state index contributed by atoms with van der Waals surface area (Å²) in [6.07, 6.45) is 2.71. The van der Waals surface area contributed by atoms with Crippen molar-refractivity contribution in [3.63, 3.8) is 0 Å². The smallest absolute Gasteiger partial charge is 0.226 e. The van der Waals surface area contributed by atoms with Crippen molar-refractivity contribution in [1.82, 2.24) is 9.62 Å². The Morgan fingerprint density at radius 3 is 2.57 bits per heavy atom. The number of nitrogens with zero attached hydrogens (tertiary/aromatic N) is 1. The molecule has 1 amide bonds. The van der Waals surface area contributed by atoms with Gasteiger partial charge in [0.15, 0.2) is 0 Å². The maximum atomic E-state index is 13.0. The van der Waals surface area contributed by atoms with Gasteiger partial charge in [0, 0.05) is 25.0 Å². The first-order valence-corrected chi connectivity index (χ1v) is 11.6. The van der Waals surface area contributed by atoms with Crippen LogP contribution in [0.5, 0.6) is 0 Å². The van der Waals surface area contributed by atoms with Crippen molar-refractivity contribution in [3.8, 4) is 11.1 Å². The van der Waals surface area contributed by atoms with Gasteiger partial charge in [-0.2, -0.15) is 0 Å². The Morgan fingerprint density at radius 2 is 1.86 bits per heavy atom. The van der Waals surface area contributed by atoms with Crippen LogP contribution in [0.2, 0.25) is 0 Å². The van der Waals surface area contributed by atoms with Gasteiger partial charge in [0.2, 0.25) is 15.9 Å². The Morgan fingerprint density at radius 1 is 1.11 bits per heavy atom. The van der Waals surface area contributed by atoms with Gasteiger partial charge in [0.25, 0.3) is 0 Å². The average molecular weight is 399 g/mol. The molecule has 0 radical (unpaired) electrons. The standard InChI is InChI=1S/C22H26N2O3S/c1-15-7-6-10-18(16-8-4-3-5-9-16)21(15)19-13-20(19)22(25)24-12-11-17(14-24)23-28(2,26)27/h3-10,17,19-20,23H,11-14H2,1-2H3/t17-,19-,20-/m1/s1. The molecule has 1 heterocycles. The number of hydrogen-bond acceptors (Lipinski definition) is 3. The predicted molar refractivity (Wildman–Crippen MR) is 110 cm³/mol. The first-order valence-electron chi connectivity index (χ1n) is 9.74. The third-order valence-corrected chi connectivity index (χ3v) is 6.53. The lowest BCUT2D eigenvalue weighted by molar-refractivity contribution is -0.131. The van der Waals surface area contributed by atoms with E-state index in [-0.39, 0.29) is 23.8 Å². The lowest BCUT2D eigenvalue weighted by Crippen LogP contribution is -2.38. The van der Waals surface area contributed by atoms with Crippen molar-refractivity contribution in [2.24, 2.45) is 5.92 Å². The number of hydrogen-bond donors (Lipinski definition) is 1. The second-order valence-electron chi connectivity index (χ2n) is 8.01. The maximum absolute atomic E-state index is 13.0. The van der Waals surface area contributed by atoms with E-state index in [4.69, 9.17) is 0 Å². The Hall–Kier alpha value is -2.18. The highest BCUT2D eigenvalue weighted by molar-refractivity contribution is 7.88. The molecule has 1 N–H and O–H groups in total. The molecule has 4 rings (SSSR count). The van der Waals surface area contributed by atoms with Gasteiger partial charge in [-0.3, -0.25) is 4.79 Å². The average Bonchev–Trinajstić information content (AvgIpc) is 3.31. The summed E-state index contributed by atoms with van der Waals surface area (Å²) in [5, 5.41) is 0. The van der Waals surface area contributed by atoms with Gasteiger partial charge in [-0.15, -0.1) is 0 Å². The lowest BCUT2D eigenvalue weighted by atomic mass is 9.92. The summed E-state index contributed by atoms with van der Waals surface area (Å²) in [4.78, 5) is 14.8. The van der Waals surface area contributed by atoms with E-state index in [9.17, 15) is 13.2 Å². The number of carbonyl (C=O) groups is 1. The quantitative estimate of drug-likeness (QED) is 0.842. The Labute approximate surface area is 166 Å². The van der Waals surface area contributed by atoms with E-state index in [0.717, 1.165) is 12.7 Å². The molecule has 3 atom stereocenters. The number of aryl methyl sites for hydroxylation is 1. The number of amides is 1. The van der Waals surface area contributed by atoms with Gasteiger partial charge in [-0.25, -0.2) is 13.1 Å². The van der Waals surface area contributed by atoms with Gasteiger partial charge < -0.3 is 4.90 Å². The predicted octanol–water partition coefficient (Wildman–Crippen LogP) is 2.92. The molecule has 5 nitrogen and oxygen atoms in total. The number of nitrogens with one attached hydrogen (secondary N) is 1. The van der Waals surface area contributed by atoms with Gasteiger partial charge in [0.05, 0.1) is 6.26 Å². The van der Waals surface area contributed by atoms with Crippen LogP contribution < -0.4 is 4.72 Å². The molecule has 0 bridgehead atoms. The van der Waals surface area contributed by atoms with Crippen LogP contribution in [-0.2, 0) is 14.8 Å². The fourth-order valence-corrected chi connectivity index (χ4v) is 5.22. The van der Waals surface area contributed by atoms with E-state index in [2.05, 4.69) is 42.0 Å². The molecule has 28 heavy (non-hydrogen) atoms. The normalized spacial score (nSPS) is 24.4. The SMILES string of the molecule is Cc1cccc(-c2ccccc2)c1[C@@H]1C[C@H]1C(=O)N1CC[C@@H](NS(C)(=O)=O)C1. The zero-order valence-corrected chi connectivity index (χ0v) is 17.1. The monoisotopic (exact) mass is 398 g/mol. The van der Waals surface area contributed by atoms with E-state index >= 15 is 0 Å². The summed E-state index contributed by atoms with van der Waals surface area (Å²) in [6.45, 7) is 3.20. The molecule has 148 valence electrons. The van der Waals surface area contributed by atoms with Crippen LogP contribution in [-0.4, -0.2) is 44.6 Å². The summed E-state index contributed by atoms with van der Waals surface area (Å²) in [5.74, 6) is 0.399. The van der Waals surface area contributed by atoms with E-state index in [0.29, 0.717) is 19.5 Å². The van der Waals surface area contributed by atoms with E-state index in [1.54, 1.807) is 0 Å². The highest BCUT2D eigenvalue weighted by atomic mass is 32.2. The third kappa shape index (κ3) is 3.98. The highest BCUT2D eigenvalue weighted by Crippen LogP contribution is 2.52. The molecule has 0 spiro atoms. The van der Waals surface area contributed by atoms with Crippen LogP contribution in [0.3, 0.4) is 0 Å². The lowest BCUT2D eigenvalue weighted by Gasteiger charge is -2.18. The van der Waals surface area contributed by atoms with Gasteiger partial charge in [-0.1, -0.05) is 48.5 Å². The fourth-order valence-electron chi connectivity index (χ4n) is 4.42. The first kappa shape index (κ1) is 19.2. The number of sulfonamides is 1. The molecular weight excluding hydrogens is 372 g/mol. The minimum absolute atomic E-state index is 0.000505. The third-order valence-electron chi connectivity index (χ3n) is 5.77. The van der Waals surface area contributed by atoms with E-state index < -0.39 is 10.0 Å². The maximum Gasteiger partial charge on any atom is 0.226 e. The minimum Gasteiger partial charge on any atom is -0.341 e. The van der Waals surface area contributed by atoms with Gasteiger partial charge >= 0.3 is 0 Å². The second kappa shape index (κ2) is 7.33. The van der Waals surface area contributed by atoms with Crippen LogP contribution in [0, 0.1) is 12.8 Å². The molecule has 1 saturated heterocycles. The van der Waals surface area contributed by atoms with Crippen molar-refractivity contribution < 1.29 is 13.2 Å². The minimum atomic E-state index is -3.24. The molecule has 2 aliphatic rings. The van der Waals surface area contributed by atoms with Crippen LogP contribution in [0.1, 0.15) is 29.9 Å². The molecule has 0 unspecified atom stereocenters. The summed E-state index contributed by atoms with van der Waals surface area (Å²) in [6, 6.07) is 16.5. The van der Waals surface area contributed by atoms with E-state index in [1.165, 1.54) is 22.3 Å². The van der Waals surface area contributed by atoms with Crippen molar-refractivity contribution in [3.05, 3.63) is 59.7 Å². The molecule has 2 aromatic rings. The summed E-state index contributed by atoms with van der Waals surface area (Å²) in [7, 11) is -3.24. The molecule has 6 heteroatoms. The van der Waals surface area contributed by atoms with Crippen LogP contribution in [0.4, 0.5) is 0 Å². The Balaban J connectivity index is 1.50. The van der Waals surface area contributed by atoms with Crippen molar-refractivity contribution in [2.75, 3.05) is 19.3 Å². The zero-order valence-electron chi connectivity index (χ0n) is 16.3. The molecular formula is C22H26N2O3S. The summed E-state index contributed by atoms with van der Waals surface area (Å²) >= 11 is 0. The second-order valence-corrected chi connectivity index (χ2v) is 9.79. The van der Waals surface area contributed by atoms with Crippen molar-refractivity contribution in [1.29, 1.82) is 0 Å².